The summed E-state index contributed by atoms with van der Waals surface area (Å²) in [5.74, 6) is 0.675. The van der Waals surface area contributed by atoms with E-state index in [1.54, 1.807) is 0 Å². The third-order valence-electron chi connectivity index (χ3n) is 4.46. The summed E-state index contributed by atoms with van der Waals surface area (Å²) in [6.45, 7) is 4.58. The number of rotatable bonds is 2. The number of nitrogens with zero attached hydrogens (tertiary/aromatic N) is 4. The molecule has 4 rings (SSSR count). The van der Waals surface area contributed by atoms with Gasteiger partial charge < -0.3 is 10.1 Å². The summed E-state index contributed by atoms with van der Waals surface area (Å²) >= 11 is 0. The number of ether oxygens (including phenoxy) is 1. The second-order valence-electron chi connectivity index (χ2n) is 6.24. The summed E-state index contributed by atoms with van der Waals surface area (Å²) < 4.78 is 9.76. The lowest BCUT2D eigenvalue weighted by molar-refractivity contribution is -0.114. The molecule has 7 nitrogen and oxygen atoms in total. The lowest BCUT2D eigenvalue weighted by Gasteiger charge is -2.09. The second-order valence-corrected chi connectivity index (χ2v) is 6.24. The van der Waals surface area contributed by atoms with Crippen molar-refractivity contribution in [1.29, 1.82) is 0 Å². The Kier molecular flexibility index (Phi) is 3.56. The zero-order valence-electron chi connectivity index (χ0n) is 14.4. The molecule has 128 valence electrons. The molecule has 0 spiro atoms. The molecule has 7 heteroatoms. The molecule has 25 heavy (non-hydrogen) atoms. The van der Waals surface area contributed by atoms with Gasteiger partial charge in [-0.25, -0.2) is 0 Å². The molecule has 1 aromatic carbocycles. The Morgan fingerprint density at radius 3 is 2.88 bits per heavy atom. The van der Waals surface area contributed by atoms with E-state index >= 15 is 0 Å². The van der Waals surface area contributed by atoms with Crippen LogP contribution in [0.15, 0.2) is 30.5 Å². The second kappa shape index (κ2) is 5.77. The Hall–Kier alpha value is -3.09. The predicted molar refractivity (Wildman–Crippen MR) is 93.3 cm³/mol. The first kappa shape index (κ1) is 15.4. The van der Waals surface area contributed by atoms with Crippen LogP contribution in [0.25, 0.3) is 11.3 Å². The minimum Gasteiger partial charge on any atom is -0.487 e. The molecule has 0 saturated heterocycles. The van der Waals surface area contributed by atoms with E-state index in [-0.39, 0.29) is 5.91 Å². The molecule has 1 aliphatic rings. The highest BCUT2D eigenvalue weighted by atomic mass is 16.5. The van der Waals surface area contributed by atoms with Gasteiger partial charge in [-0.15, -0.1) is 0 Å². The normalized spacial score (nSPS) is 12.8. The Bertz CT molecular complexity index is 970. The van der Waals surface area contributed by atoms with Crippen LogP contribution in [0.3, 0.4) is 0 Å². The molecular formula is C18H19N5O2. The van der Waals surface area contributed by atoms with E-state index in [9.17, 15) is 4.79 Å². The number of hydrogen-bond donors (Lipinski definition) is 1. The number of fused-ring (bicyclic) bond motifs is 2. The maximum atomic E-state index is 11.2. The van der Waals surface area contributed by atoms with Crippen molar-refractivity contribution >= 4 is 11.6 Å². The molecule has 1 N–H and O–H groups in total. The van der Waals surface area contributed by atoms with Gasteiger partial charge in [0.1, 0.15) is 12.4 Å². The topological polar surface area (TPSA) is 74.0 Å². The first-order valence-corrected chi connectivity index (χ1v) is 8.10. The molecule has 0 atom stereocenters. The maximum Gasteiger partial charge on any atom is 0.221 e. The van der Waals surface area contributed by atoms with Crippen molar-refractivity contribution in [2.45, 2.75) is 27.0 Å². The van der Waals surface area contributed by atoms with Crippen LogP contribution in [0.1, 0.15) is 23.9 Å². The molecular weight excluding hydrogens is 318 g/mol. The Balaban J connectivity index is 1.66. The zero-order chi connectivity index (χ0) is 17.6. The predicted octanol–water partition coefficient (Wildman–Crippen LogP) is 2.49. The van der Waals surface area contributed by atoms with Crippen molar-refractivity contribution in [3.05, 3.63) is 47.4 Å². The fraction of sp³-hybridized carbons (Fsp3) is 0.278. The fourth-order valence-corrected chi connectivity index (χ4v) is 3.00. The third kappa shape index (κ3) is 2.77. The van der Waals surface area contributed by atoms with Crippen LogP contribution in [-0.4, -0.2) is 25.5 Å². The summed E-state index contributed by atoms with van der Waals surface area (Å²) in [5.41, 5.74) is 5.79. The van der Waals surface area contributed by atoms with Gasteiger partial charge in [0.25, 0.3) is 0 Å². The third-order valence-corrected chi connectivity index (χ3v) is 4.46. The summed E-state index contributed by atoms with van der Waals surface area (Å²) in [6, 6.07) is 7.75. The summed E-state index contributed by atoms with van der Waals surface area (Å²) in [6.07, 6.45) is 1.84. The van der Waals surface area contributed by atoms with Gasteiger partial charge >= 0.3 is 0 Å². The van der Waals surface area contributed by atoms with Crippen molar-refractivity contribution in [2.24, 2.45) is 7.05 Å². The van der Waals surface area contributed by atoms with E-state index in [0.717, 1.165) is 39.6 Å². The quantitative estimate of drug-likeness (QED) is 0.780. The van der Waals surface area contributed by atoms with Crippen molar-refractivity contribution < 1.29 is 9.53 Å². The van der Waals surface area contributed by atoms with Crippen LogP contribution < -0.4 is 10.1 Å². The van der Waals surface area contributed by atoms with Crippen LogP contribution >= 0.6 is 0 Å². The standard InChI is InChI=1S/C18H19N5O2/c1-11-16(8-19-22(11)3)17-7-15-10-25-18-6-14(20-12(2)24)5-4-13(18)9-23(15)21-17/h4-8H,9-10H2,1-3H3,(H,20,24). The fourth-order valence-electron chi connectivity index (χ4n) is 3.00. The lowest BCUT2D eigenvalue weighted by atomic mass is 10.2. The average molecular weight is 337 g/mol. The monoisotopic (exact) mass is 337 g/mol. The van der Waals surface area contributed by atoms with E-state index in [4.69, 9.17) is 9.84 Å². The minimum absolute atomic E-state index is 0.0991. The summed E-state index contributed by atoms with van der Waals surface area (Å²) in [4.78, 5) is 11.2. The van der Waals surface area contributed by atoms with Crippen LogP contribution in [-0.2, 0) is 25.0 Å². The summed E-state index contributed by atoms with van der Waals surface area (Å²) in [5, 5.41) is 11.8. The number of benzene rings is 1. The highest BCUT2D eigenvalue weighted by Gasteiger charge is 2.19. The van der Waals surface area contributed by atoms with Gasteiger partial charge in [-0.2, -0.15) is 10.2 Å². The van der Waals surface area contributed by atoms with Gasteiger partial charge in [-0.05, 0) is 19.1 Å². The van der Waals surface area contributed by atoms with Gasteiger partial charge in [-0.3, -0.25) is 14.2 Å². The van der Waals surface area contributed by atoms with Crippen LogP contribution in [0.2, 0.25) is 0 Å². The van der Waals surface area contributed by atoms with E-state index in [0.29, 0.717) is 13.2 Å². The lowest BCUT2D eigenvalue weighted by Crippen LogP contribution is -2.06. The zero-order valence-corrected chi connectivity index (χ0v) is 14.4. The molecule has 0 saturated carbocycles. The highest BCUT2D eigenvalue weighted by molar-refractivity contribution is 5.88. The molecule has 0 fully saturated rings. The maximum absolute atomic E-state index is 11.2. The molecule has 0 radical (unpaired) electrons. The van der Waals surface area contributed by atoms with Gasteiger partial charge in [0.2, 0.25) is 5.91 Å². The molecule has 0 unspecified atom stereocenters. The van der Waals surface area contributed by atoms with Gasteiger partial charge in [0.15, 0.2) is 0 Å². The first-order chi connectivity index (χ1) is 12.0. The smallest absolute Gasteiger partial charge is 0.221 e. The molecule has 3 aromatic rings. The Labute approximate surface area is 145 Å². The average Bonchev–Trinajstić information content (AvgIpc) is 3.06. The van der Waals surface area contributed by atoms with Gasteiger partial charge in [0.05, 0.1) is 24.1 Å². The van der Waals surface area contributed by atoms with Gasteiger partial charge in [0, 0.05) is 42.5 Å². The van der Waals surface area contributed by atoms with E-state index in [1.165, 1.54) is 6.92 Å². The molecule has 0 bridgehead atoms. The van der Waals surface area contributed by atoms with Crippen LogP contribution in [0, 0.1) is 6.92 Å². The number of aromatic nitrogens is 4. The van der Waals surface area contributed by atoms with Gasteiger partial charge in [-0.1, -0.05) is 6.07 Å². The minimum atomic E-state index is -0.0991. The number of anilines is 1. The first-order valence-electron chi connectivity index (χ1n) is 8.10. The number of carbonyl (C=O) groups excluding carboxylic acids is 1. The summed E-state index contributed by atoms with van der Waals surface area (Å²) in [7, 11) is 1.92. The molecule has 1 aliphatic heterocycles. The van der Waals surface area contributed by atoms with Crippen molar-refractivity contribution in [2.75, 3.05) is 5.32 Å². The largest absolute Gasteiger partial charge is 0.487 e. The SMILES string of the molecule is CC(=O)Nc1ccc2c(c1)OCc1cc(-c3cnn(C)c3C)nn1C2. The molecule has 2 aromatic heterocycles. The number of nitrogens with one attached hydrogen (secondary N) is 1. The number of hydrogen-bond acceptors (Lipinski definition) is 4. The molecule has 0 aliphatic carbocycles. The number of amides is 1. The number of aryl methyl sites for hydroxylation is 1. The van der Waals surface area contributed by atoms with Crippen LogP contribution in [0.4, 0.5) is 5.69 Å². The Morgan fingerprint density at radius 1 is 1.32 bits per heavy atom. The van der Waals surface area contributed by atoms with Crippen molar-refractivity contribution in [3.8, 4) is 17.0 Å². The van der Waals surface area contributed by atoms with E-state index < -0.39 is 0 Å². The van der Waals surface area contributed by atoms with E-state index in [1.807, 2.05) is 53.8 Å². The molecule has 1 amide bonds. The van der Waals surface area contributed by atoms with Crippen LogP contribution in [0.5, 0.6) is 5.75 Å². The van der Waals surface area contributed by atoms with E-state index in [2.05, 4.69) is 10.4 Å². The Morgan fingerprint density at radius 2 is 2.16 bits per heavy atom. The highest BCUT2D eigenvalue weighted by Crippen LogP contribution is 2.30. The van der Waals surface area contributed by atoms with Crippen molar-refractivity contribution in [3.63, 3.8) is 0 Å². The molecule has 3 heterocycles. The van der Waals surface area contributed by atoms with Crippen molar-refractivity contribution in [1.82, 2.24) is 19.6 Å². The number of carbonyl (C=O) groups is 1.